The first kappa shape index (κ1) is 17.0. The van der Waals surface area contributed by atoms with Crippen molar-refractivity contribution >= 4 is 22.6 Å². The van der Waals surface area contributed by atoms with E-state index in [1.54, 1.807) is 0 Å². The smallest absolute Gasteiger partial charge is 0.274 e. The summed E-state index contributed by atoms with van der Waals surface area (Å²) in [6, 6.07) is 12.2. The number of imidazole rings is 2. The number of aromatic nitrogens is 4. The van der Waals surface area contributed by atoms with Crippen LogP contribution in [0.1, 0.15) is 40.6 Å². The van der Waals surface area contributed by atoms with E-state index in [1.807, 2.05) is 58.9 Å². The van der Waals surface area contributed by atoms with Gasteiger partial charge in [-0.05, 0) is 43.5 Å². The summed E-state index contributed by atoms with van der Waals surface area (Å²) >= 11 is 0. The van der Waals surface area contributed by atoms with E-state index in [-0.39, 0.29) is 11.8 Å². The van der Waals surface area contributed by atoms with Crippen LogP contribution in [0.25, 0.3) is 16.7 Å². The molecule has 4 aromatic rings. The number of fused-ring (bicyclic) bond motifs is 2. The number of piperidine rings is 1. The van der Waals surface area contributed by atoms with Gasteiger partial charge in [0.15, 0.2) is 0 Å². The summed E-state index contributed by atoms with van der Waals surface area (Å²) in [6.45, 7) is 3.47. The molecule has 1 aromatic carbocycles. The summed E-state index contributed by atoms with van der Waals surface area (Å²) in [6.07, 6.45) is 5.80. The van der Waals surface area contributed by atoms with E-state index in [0.29, 0.717) is 12.2 Å². The fourth-order valence-corrected chi connectivity index (χ4v) is 4.32. The molecule has 0 radical (unpaired) electrons. The zero-order valence-electron chi connectivity index (χ0n) is 16.2. The first-order valence-electron chi connectivity index (χ1n) is 9.77. The van der Waals surface area contributed by atoms with Gasteiger partial charge in [-0.25, -0.2) is 9.97 Å². The Bertz CT molecular complexity index is 1190. The number of likely N-dealkylation sites (tertiary alicyclic amines) is 1. The number of para-hydroxylation sites is 2. The molecule has 1 saturated heterocycles. The SMILES string of the molecule is Cc1cccn2cc(C(=O)N3CCCC(c4nc5ccccc5n4C)C3)nc12. The number of nitrogens with zero attached hydrogens (tertiary/aromatic N) is 5. The standard InChI is InChI=1S/C22H23N5O/c1-15-7-5-11-26-14-18(24-20(15)26)22(28)27-12-6-8-16(13-27)21-23-17-9-3-4-10-19(17)25(21)2/h3-5,7,9-11,14,16H,6,8,12-13H2,1-2H3. The monoisotopic (exact) mass is 373 g/mol. The molecule has 0 saturated carbocycles. The van der Waals surface area contributed by atoms with Gasteiger partial charge in [0.1, 0.15) is 17.2 Å². The van der Waals surface area contributed by atoms with Gasteiger partial charge in [-0.3, -0.25) is 4.79 Å². The molecule has 28 heavy (non-hydrogen) atoms. The highest BCUT2D eigenvalue weighted by molar-refractivity contribution is 5.93. The number of carbonyl (C=O) groups excluding carboxylic acids is 1. The van der Waals surface area contributed by atoms with Crippen molar-refractivity contribution in [1.29, 1.82) is 0 Å². The molecule has 1 aliphatic rings. The number of hydrogen-bond acceptors (Lipinski definition) is 3. The van der Waals surface area contributed by atoms with E-state index in [0.717, 1.165) is 47.5 Å². The average Bonchev–Trinajstić information content (AvgIpc) is 3.30. The van der Waals surface area contributed by atoms with Gasteiger partial charge in [-0.1, -0.05) is 18.2 Å². The molecular formula is C22H23N5O. The highest BCUT2D eigenvalue weighted by Gasteiger charge is 2.29. The maximum Gasteiger partial charge on any atom is 0.274 e. The topological polar surface area (TPSA) is 55.4 Å². The van der Waals surface area contributed by atoms with Crippen LogP contribution in [0, 0.1) is 6.92 Å². The van der Waals surface area contributed by atoms with Crippen LogP contribution in [0.15, 0.2) is 48.8 Å². The van der Waals surface area contributed by atoms with Gasteiger partial charge < -0.3 is 13.9 Å². The molecule has 1 aliphatic heterocycles. The second kappa shape index (κ2) is 6.48. The Morgan fingerprint density at radius 3 is 2.82 bits per heavy atom. The van der Waals surface area contributed by atoms with Crippen LogP contribution in [-0.4, -0.2) is 42.8 Å². The fraction of sp³-hybridized carbons (Fsp3) is 0.318. The van der Waals surface area contributed by atoms with Crippen LogP contribution in [-0.2, 0) is 7.05 Å². The van der Waals surface area contributed by atoms with Gasteiger partial charge in [0, 0.05) is 38.4 Å². The van der Waals surface area contributed by atoms with Crippen molar-refractivity contribution < 1.29 is 4.79 Å². The largest absolute Gasteiger partial charge is 0.337 e. The molecule has 1 amide bonds. The molecule has 0 N–H and O–H groups in total. The average molecular weight is 373 g/mol. The Hall–Kier alpha value is -3.15. The number of pyridine rings is 1. The van der Waals surface area contributed by atoms with Crippen molar-refractivity contribution in [2.75, 3.05) is 13.1 Å². The quantitative estimate of drug-likeness (QED) is 0.540. The van der Waals surface area contributed by atoms with Crippen molar-refractivity contribution in [2.45, 2.75) is 25.7 Å². The van der Waals surface area contributed by atoms with Crippen LogP contribution in [0.4, 0.5) is 0 Å². The number of hydrogen-bond donors (Lipinski definition) is 0. The highest BCUT2D eigenvalue weighted by atomic mass is 16.2. The maximum atomic E-state index is 13.1. The lowest BCUT2D eigenvalue weighted by Gasteiger charge is -2.32. The van der Waals surface area contributed by atoms with Gasteiger partial charge >= 0.3 is 0 Å². The van der Waals surface area contributed by atoms with E-state index >= 15 is 0 Å². The summed E-state index contributed by atoms with van der Waals surface area (Å²) in [4.78, 5) is 24.5. The summed E-state index contributed by atoms with van der Waals surface area (Å²) in [7, 11) is 2.07. The molecule has 4 heterocycles. The van der Waals surface area contributed by atoms with Crippen LogP contribution < -0.4 is 0 Å². The predicted octanol–water partition coefficient (Wildman–Crippen LogP) is 3.55. The molecule has 1 unspecified atom stereocenters. The zero-order chi connectivity index (χ0) is 19.3. The van der Waals surface area contributed by atoms with Crippen LogP contribution in [0.2, 0.25) is 0 Å². The van der Waals surface area contributed by atoms with Crippen molar-refractivity contribution in [2.24, 2.45) is 7.05 Å². The fourth-order valence-electron chi connectivity index (χ4n) is 4.32. The van der Waals surface area contributed by atoms with Crippen molar-refractivity contribution in [3.63, 3.8) is 0 Å². The Morgan fingerprint density at radius 1 is 1.14 bits per heavy atom. The summed E-state index contributed by atoms with van der Waals surface area (Å²) in [5, 5.41) is 0. The van der Waals surface area contributed by atoms with Gasteiger partial charge in [0.25, 0.3) is 5.91 Å². The second-order valence-electron chi connectivity index (χ2n) is 7.66. The molecule has 1 fully saturated rings. The minimum atomic E-state index is 0.00608. The number of carbonyl (C=O) groups is 1. The van der Waals surface area contributed by atoms with E-state index in [2.05, 4.69) is 22.7 Å². The molecule has 6 nitrogen and oxygen atoms in total. The number of aryl methyl sites for hydroxylation is 2. The molecule has 3 aromatic heterocycles. The van der Waals surface area contributed by atoms with Gasteiger partial charge in [0.2, 0.25) is 0 Å². The lowest BCUT2D eigenvalue weighted by Crippen LogP contribution is -2.39. The van der Waals surface area contributed by atoms with E-state index in [4.69, 9.17) is 4.98 Å². The van der Waals surface area contributed by atoms with Crippen molar-refractivity contribution in [1.82, 2.24) is 23.8 Å². The van der Waals surface area contributed by atoms with Gasteiger partial charge in [0.05, 0.1) is 11.0 Å². The highest BCUT2D eigenvalue weighted by Crippen LogP contribution is 2.29. The molecule has 5 rings (SSSR count). The molecule has 0 aliphatic carbocycles. The van der Waals surface area contributed by atoms with E-state index in [1.165, 1.54) is 0 Å². The Balaban J connectivity index is 1.43. The normalized spacial score (nSPS) is 17.5. The molecule has 0 spiro atoms. The predicted molar refractivity (Wildman–Crippen MR) is 109 cm³/mol. The third-order valence-corrected chi connectivity index (χ3v) is 5.79. The Morgan fingerprint density at radius 2 is 2.00 bits per heavy atom. The second-order valence-corrected chi connectivity index (χ2v) is 7.66. The van der Waals surface area contributed by atoms with Crippen LogP contribution >= 0.6 is 0 Å². The zero-order valence-corrected chi connectivity index (χ0v) is 16.2. The maximum absolute atomic E-state index is 13.1. The lowest BCUT2D eigenvalue weighted by molar-refractivity contribution is 0.0698. The minimum absolute atomic E-state index is 0.00608. The molecular weight excluding hydrogens is 350 g/mol. The summed E-state index contributed by atoms with van der Waals surface area (Å²) in [5.41, 5.74) is 4.57. The summed E-state index contributed by atoms with van der Waals surface area (Å²) in [5.74, 6) is 1.31. The number of amides is 1. The summed E-state index contributed by atoms with van der Waals surface area (Å²) < 4.78 is 4.09. The van der Waals surface area contributed by atoms with Crippen LogP contribution in [0.5, 0.6) is 0 Å². The minimum Gasteiger partial charge on any atom is -0.337 e. The molecule has 1 atom stereocenters. The van der Waals surface area contributed by atoms with E-state index in [9.17, 15) is 4.79 Å². The van der Waals surface area contributed by atoms with Crippen molar-refractivity contribution in [3.05, 3.63) is 65.9 Å². The first-order chi connectivity index (χ1) is 13.6. The third kappa shape index (κ3) is 2.68. The first-order valence-corrected chi connectivity index (χ1v) is 9.77. The van der Waals surface area contributed by atoms with Gasteiger partial charge in [-0.2, -0.15) is 0 Å². The van der Waals surface area contributed by atoms with E-state index < -0.39 is 0 Å². The molecule has 6 heteroatoms. The third-order valence-electron chi connectivity index (χ3n) is 5.79. The van der Waals surface area contributed by atoms with Crippen molar-refractivity contribution in [3.8, 4) is 0 Å². The molecule has 0 bridgehead atoms. The number of benzene rings is 1. The van der Waals surface area contributed by atoms with Gasteiger partial charge in [-0.15, -0.1) is 0 Å². The molecule has 142 valence electrons. The Kier molecular flexibility index (Phi) is 3.93. The number of rotatable bonds is 2. The van der Waals surface area contributed by atoms with Crippen LogP contribution in [0.3, 0.4) is 0 Å². The lowest BCUT2D eigenvalue weighted by atomic mass is 9.97. The Labute approximate surface area is 163 Å².